The van der Waals surface area contributed by atoms with Crippen molar-refractivity contribution in [2.45, 2.75) is 26.3 Å². The zero-order chi connectivity index (χ0) is 29.8. The average Bonchev–Trinajstić information content (AvgIpc) is 3.46. The molecule has 0 radical (unpaired) electrons. The molecule has 1 fully saturated rings. The molecule has 42 heavy (non-hydrogen) atoms. The lowest BCUT2D eigenvalue weighted by molar-refractivity contribution is 0.0664. The Morgan fingerprint density at radius 2 is 1.62 bits per heavy atom. The summed E-state index contributed by atoms with van der Waals surface area (Å²) in [6.07, 6.45) is 5.00. The van der Waals surface area contributed by atoms with Crippen LogP contribution in [0.5, 0.6) is 11.5 Å². The molecule has 3 aromatic rings. The Bertz CT molecular complexity index is 1520. The maximum absolute atomic E-state index is 13.8. The predicted octanol–water partition coefficient (Wildman–Crippen LogP) is 4.12. The first kappa shape index (κ1) is 29.1. The molecule has 3 heterocycles. The molecule has 1 aromatic heterocycles. The van der Waals surface area contributed by atoms with Crippen LogP contribution in [0, 0.1) is 0 Å². The number of hydrogen-bond donors (Lipinski definition) is 0. The molecule has 9 nitrogen and oxygen atoms in total. The molecule has 0 spiro atoms. The summed E-state index contributed by atoms with van der Waals surface area (Å²) in [5.41, 5.74) is 5.79. The third kappa shape index (κ3) is 5.83. The first-order chi connectivity index (χ1) is 20.4. The lowest BCUT2D eigenvalue weighted by Crippen LogP contribution is -2.47. The number of rotatable bonds is 8. The largest absolute Gasteiger partial charge is 0.493 e. The van der Waals surface area contributed by atoms with Crippen LogP contribution in [0.2, 0.25) is 0 Å². The van der Waals surface area contributed by atoms with E-state index in [4.69, 9.17) is 14.6 Å². The number of methoxy groups -OCH3 is 2. The van der Waals surface area contributed by atoms with Crippen molar-refractivity contribution in [3.63, 3.8) is 0 Å². The van der Waals surface area contributed by atoms with Gasteiger partial charge in [0.25, 0.3) is 11.8 Å². The third-order valence-electron chi connectivity index (χ3n) is 8.09. The van der Waals surface area contributed by atoms with E-state index in [1.165, 1.54) is 5.56 Å². The highest BCUT2D eigenvalue weighted by atomic mass is 16.5. The van der Waals surface area contributed by atoms with Crippen LogP contribution in [-0.2, 0) is 19.4 Å². The highest BCUT2D eigenvalue weighted by Crippen LogP contribution is 2.32. The molecular formula is C33H39N5O4. The van der Waals surface area contributed by atoms with Crippen molar-refractivity contribution in [1.29, 1.82) is 0 Å². The number of aryl methyl sites for hydroxylation is 1. The van der Waals surface area contributed by atoms with E-state index in [0.717, 1.165) is 55.1 Å². The van der Waals surface area contributed by atoms with E-state index in [0.29, 0.717) is 42.3 Å². The van der Waals surface area contributed by atoms with Crippen molar-refractivity contribution in [3.05, 3.63) is 94.8 Å². The van der Waals surface area contributed by atoms with Crippen LogP contribution in [-0.4, -0.2) is 90.3 Å². The lowest BCUT2D eigenvalue weighted by Gasteiger charge is -2.33. The van der Waals surface area contributed by atoms with Gasteiger partial charge in [0.15, 0.2) is 17.2 Å². The Kier molecular flexibility index (Phi) is 8.77. The summed E-state index contributed by atoms with van der Waals surface area (Å²) in [6.45, 7) is 10.2. The number of ether oxygens (including phenoxy) is 2. The monoisotopic (exact) mass is 569 g/mol. The number of benzene rings is 2. The predicted molar refractivity (Wildman–Crippen MR) is 163 cm³/mol. The van der Waals surface area contributed by atoms with Gasteiger partial charge >= 0.3 is 0 Å². The Morgan fingerprint density at radius 1 is 0.881 bits per heavy atom. The minimum Gasteiger partial charge on any atom is -0.493 e. The third-order valence-corrected chi connectivity index (χ3v) is 8.09. The fourth-order valence-electron chi connectivity index (χ4n) is 5.60. The van der Waals surface area contributed by atoms with Crippen LogP contribution >= 0.6 is 0 Å². The molecule has 2 aliphatic rings. The number of aromatic nitrogens is 2. The Balaban J connectivity index is 1.39. The van der Waals surface area contributed by atoms with Gasteiger partial charge in [-0.05, 0) is 73.5 Å². The van der Waals surface area contributed by atoms with Crippen molar-refractivity contribution < 1.29 is 19.1 Å². The summed E-state index contributed by atoms with van der Waals surface area (Å²) in [6, 6.07) is 13.5. The van der Waals surface area contributed by atoms with E-state index >= 15 is 0 Å². The molecule has 2 aromatic carbocycles. The average molecular weight is 570 g/mol. The fraction of sp³-hybridized carbons (Fsp3) is 0.364. The van der Waals surface area contributed by atoms with Gasteiger partial charge in [0.1, 0.15) is 0 Å². The summed E-state index contributed by atoms with van der Waals surface area (Å²) < 4.78 is 12.7. The molecule has 0 N–H and O–H groups in total. The van der Waals surface area contributed by atoms with Crippen molar-refractivity contribution >= 4 is 17.5 Å². The molecule has 0 aliphatic carbocycles. The van der Waals surface area contributed by atoms with Gasteiger partial charge in [0.2, 0.25) is 0 Å². The highest BCUT2D eigenvalue weighted by molar-refractivity contribution is 5.95. The zero-order valence-corrected chi connectivity index (χ0v) is 24.9. The number of nitrogens with zero attached hydrogens (tertiary/aromatic N) is 5. The van der Waals surface area contributed by atoms with Crippen LogP contribution in [0.4, 0.5) is 0 Å². The van der Waals surface area contributed by atoms with Gasteiger partial charge in [-0.25, -0.2) is 4.68 Å². The molecular weight excluding hydrogens is 530 g/mol. The maximum Gasteiger partial charge on any atom is 0.274 e. The molecule has 0 bridgehead atoms. The topological polar surface area (TPSA) is 80.1 Å². The summed E-state index contributed by atoms with van der Waals surface area (Å²) >= 11 is 0. The van der Waals surface area contributed by atoms with Crippen molar-refractivity contribution in [3.8, 4) is 11.5 Å². The van der Waals surface area contributed by atoms with Crippen LogP contribution < -0.4 is 9.47 Å². The number of carbonyl (C=O) groups excluding carboxylic acids is 2. The summed E-state index contributed by atoms with van der Waals surface area (Å²) in [5, 5.41) is 4.79. The fourth-order valence-corrected chi connectivity index (χ4v) is 5.60. The van der Waals surface area contributed by atoms with Gasteiger partial charge < -0.3 is 24.2 Å². The van der Waals surface area contributed by atoms with E-state index in [9.17, 15) is 9.59 Å². The van der Waals surface area contributed by atoms with E-state index in [1.807, 2.05) is 65.3 Å². The molecule has 1 saturated heterocycles. The molecule has 0 saturated carbocycles. The van der Waals surface area contributed by atoms with E-state index in [1.54, 1.807) is 25.0 Å². The molecule has 2 amide bonds. The first-order valence-corrected chi connectivity index (χ1v) is 14.4. The molecule has 220 valence electrons. The second-order valence-electron chi connectivity index (χ2n) is 10.7. The van der Waals surface area contributed by atoms with Crippen LogP contribution in [0.1, 0.15) is 50.2 Å². The number of fused-ring (bicyclic) bond motifs is 1. The van der Waals surface area contributed by atoms with Crippen molar-refractivity contribution in [2.75, 3.05) is 54.0 Å². The number of amides is 2. The standard InChI is InChI=1S/C33H39N5O4/c1-6-8-29(24-11-12-30(41-4)31(20-24)42-5)38-27(7-2)21-28(34-38)33(40)37-14-13-23-9-10-25(19-26(23)22-37)32(39)36-17-15-35(3)16-18-36/h6,8-12,19-21H,1,7,13-18,22H2,2-5H3/b29-8-. The lowest BCUT2D eigenvalue weighted by atomic mass is 9.96. The Labute approximate surface area is 247 Å². The van der Waals surface area contributed by atoms with Crippen molar-refractivity contribution in [1.82, 2.24) is 24.5 Å². The number of hydrogen-bond acceptors (Lipinski definition) is 6. The van der Waals surface area contributed by atoms with Gasteiger partial charge in [0, 0.05) is 56.1 Å². The van der Waals surface area contributed by atoms with E-state index < -0.39 is 0 Å². The molecule has 2 aliphatic heterocycles. The Morgan fingerprint density at radius 3 is 2.31 bits per heavy atom. The SMILES string of the molecule is C=C/C=C(/c1ccc(OC)c(OC)c1)n1nc(C(=O)N2CCc3ccc(C(=O)N4CCN(C)CC4)cc3C2)cc1CC. The van der Waals surface area contributed by atoms with E-state index in [-0.39, 0.29) is 11.8 Å². The minimum atomic E-state index is -0.129. The van der Waals surface area contributed by atoms with Crippen molar-refractivity contribution in [2.24, 2.45) is 0 Å². The summed E-state index contributed by atoms with van der Waals surface area (Å²) in [5.74, 6) is 1.15. The summed E-state index contributed by atoms with van der Waals surface area (Å²) in [4.78, 5) is 33.0. The van der Waals surface area contributed by atoms with E-state index in [2.05, 4.69) is 18.5 Å². The normalized spacial score (nSPS) is 15.8. The maximum atomic E-state index is 13.8. The number of carbonyl (C=O) groups is 2. The quantitative estimate of drug-likeness (QED) is 0.380. The molecule has 0 unspecified atom stereocenters. The number of piperazine rings is 1. The van der Waals surface area contributed by atoms with Gasteiger partial charge in [-0.3, -0.25) is 9.59 Å². The molecule has 9 heteroatoms. The van der Waals surface area contributed by atoms with Crippen LogP contribution in [0.15, 0.2) is 61.2 Å². The van der Waals surface area contributed by atoms with Crippen LogP contribution in [0.3, 0.4) is 0 Å². The first-order valence-electron chi connectivity index (χ1n) is 14.4. The zero-order valence-electron chi connectivity index (χ0n) is 24.9. The van der Waals surface area contributed by atoms with Gasteiger partial charge in [0.05, 0.1) is 19.9 Å². The molecule has 5 rings (SSSR count). The Hall–Kier alpha value is -4.37. The second kappa shape index (κ2) is 12.7. The minimum absolute atomic E-state index is 0.0531. The van der Waals surface area contributed by atoms with Crippen LogP contribution in [0.25, 0.3) is 5.70 Å². The number of allylic oxidation sites excluding steroid dienone is 2. The summed E-state index contributed by atoms with van der Waals surface area (Å²) in [7, 11) is 5.28. The van der Waals surface area contributed by atoms with Gasteiger partial charge in [-0.15, -0.1) is 0 Å². The number of likely N-dealkylation sites (N-methyl/N-ethyl adjacent to an activating group) is 1. The highest BCUT2D eigenvalue weighted by Gasteiger charge is 2.27. The second-order valence-corrected chi connectivity index (χ2v) is 10.7. The smallest absolute Gasteiger partial charge is 0.274 e. The molecule has 0 atom stereocenters. The van der Waals surface area contributed by atoms with Gasteiger partial charge in [-0.1, -0.05) is 25.6 Å². The van der Waals surface area contributed by atoms with Gasteiger partial charge in [-0.2, -0.15) is 5.10 Å².